The van der Waals surface area contributed by atoms with E-state index in [-0.39, 0.29) is 24.7 Å². The number of nitrogens with zero attached hydrogens (tertiary/aromatic N) is 4. The molecule has 0 unspecified atom stereocenters. The molecule has 0 saturated heterocycles. The Morgan fingerprint density at radius 3 is 2.67 bits per heavy atom. The molecule has 0 aliphatic carbocycles. The van der Waals surface area contributed by atoms with Crippen LogP contribution in [0.25, 0.3) is 0 Å². The largest absolute Gasteiger partial charge is 0.448 e. The van der Waals surface area contributed by atoms with Crippen LogP contribution in [-0.4, -0.2) is 43.6 Å². The predicted octanol–water partition coefficient (Wildman–Crippen LogP) is 2.94. The smallest absolute Gasteiger partial charge is 0.435 e. The van der Waals surface area contributed by atoms with E-state index in [4.69, 9.17) is 16.3 Å². The highest BCUT2D eigenvalue weighted by Crippen LogP contribution is 2.42. The fourth-order valence-electron chi connectivity index (χ4n) is 3.08. The van der Waals surface area contributed by atoms with Crippen LogP contribution in [0.15, 0.2) is 24.4 Å². The predicted molar refractivity (Wildman–Crippen MR) is 96.7 cm³/mol. The van der Waals surface area contributed by atoms with E-state index < -0.39 is 22.9 Å². The third-order valence-electron chi connectivity index (χ3n) is 4.34. The molecule has 9 nitrogen and oxygen atoms in total. The van der Waals surface area contributed by atoms with E-state index in [0.29, 0.717) is 11.3 Å². The average molecular weight is 392 g/mol. The van der Waals surface area contributed by atoms with Crippen molar-refractivity contribution in [1.29, 1.82) is 0 Å². The van der Waals surface area contributed by atoms with Crippen molar-refractivity contribution < 1.29 is 19.1 Å². The molecule has 0 radical (unpaired) electrons. The summed E-state index contributed by atoms with van der Waals surface area (Å²) in [7, 11) is 0. The highest BCUT2D eigenvalue weighted by molar-refractivity contribution is 6.62. The molecule has 1 aliphatic heterocycles. The molecule has 3 rings (SSSR count). The van der Waals surface area contributed by atoms with Crippen molar-refractivity contribution in [1.82, 2.24) is 19.7 Å². The van der Waals surface area contributed by atoms with Gasteiger partial charge in [-0.25, -0.2) is 4.79 Å². The molecule has 2 aromatic rings. The standard InChI is InChI=1S/C17H18ClN5O4/c1-4-27-16(26)23-12-10(9-22(15(18)25)17(12,2)3)13(21-23)20-14(24)11-7-5-6-8-19-11/h5-8H,4,9H2,1-3H3,(H,20,21,24). The van der Waals surface area contributed by atoms with Crippen LogP contribution in [0.4, 0.5) is 15.4 Å². The second kappa shape index (κ2) is 6.99. The summed E-state index contributed by atoms with van der Waals surface area (Å²) in [4.78, 5) is 42.0. The summed E-state index contributed by atoms with van der Waals surface area (Å²) in [5.41, 5.74) is 0.235. The van der Waals surface area contributed by atoms with Gasteiger partial charge >= 0.3 is 11.5 Å². The molecule has 0 aromatic carbocycles. The summed E-state index contributed by atoms with van der Waals surface area (Å²) in [6.07, 6.45) is 0.789. The monoisotopic (exact) mass is 391 g/mol. The molecule has 0 saturated carbocycles. The lowest BCUT2D eigenvalue weighted by molar-refractivity contribution is 0.102. The number of hydrogen-bond donors (Lipinski definition) is 1. The van der Waals surface area contributed by atoms with Gasteiger partial charge in [-0.2, -0.15) is 4.68 Å². The van der Waals surface area contributed by atoms with Crippen LogP contribution in [0.2, 0.25) is 0 Å². The lowest BCUT2D eigenvalue weighted by Gasteiger charge is -2.30. The van der Waals surface area contributed by atoms with Crippen LogP contribution in [0.1, 0.15) is 42.5 Å². The van der Waals surface area contributed by atoms with Gasteiger partial charge in [-0.15, -0.1) is 5.10 Å². The van der Waals surface area contributed by atoms with Gasteiger partial charge in [0.05, 0.1) is 24.4 Å². The molecule has 1 N–H and O–H groups in total. The minimum absolute atomic E-state index is 0.0991. The summed E-state index contributed by atoms with van der Waals surface area (Å²) in [6, 6.07) is 4.92. The summed E-state index contributed by atoms with van der Waals surface area (Å²) >= 11 is 5.71. The van der Waals surface area contributed by atoms with E-state index in [1.165, 1.54) is 11.1 Å². The van der Waals surface area contributed by atoms with Crippen LogP contribution in [0.5, 0.6) is 0 Å². The Bertz CT molecular complexity index is 910. The second-order valence-corrected chi connectivity index (χ2v) is 6.68. The van der Waals surface area contributed by atoms with Gasteiger partial charge in [-0.05, 0) is 44.5 Å². The van der Waals surface area contributed by atoms with E-state index in [0.717, 1.165) is 4.68 Å². The van der Waals surface area contributed by atoms with Crippen LogP contribution < -0.4 is 5.32 Å². The first-order valence-corrected chi connectivity index (χ1v) is 8.64. The van der Waals surface area contributed by atoms with E-state index in [2.05, 4.69) is 15.4 Å². The second-order valence-electron chi connectivity index (χ2n) is 6.35. The number of pyridine rings is 1. The molecular formula is C17H18ClN5O4. The zero-order chi connectivity index (χ0) is 19.8. The molecule has 1 aliphatic rings. The van der Waals surface area contributed by atoms with E-state index in [9.17, 15) is 14.4 Å². The summed E-state index contributed by atoms with van der Waals surface area (Å²) in [5.74, 6) is -0.331. The van der Waals surface area contributed by atoms with Crippen LogP contribution >= 0.6 is 11.6 Å². The minimum Gasteiger partial charge on any atom is -0.448 e. The molecule has 0 atom stereocenters. The Balaban J connectivity index is 2.04. The maximum absolute atomic E-state index is 12.4. The summed E-state index contributed by atoms with van der Waals surface area (Å²) in [6.45, 7) is 5.40. The third-order valence-corrected chi connectivity index (χ3v) is 4.54. The van der Waals surface area contributed by atoms with Gasteiger partial charge in [0.1, 0.15) is 5.69 Å². The number of halogens is 1. The van der Waals surface area contributed by atoms with Gasteiger partial charge in [0.2, 0.25) is 0 Å². The Hall–Kier alpha value is -2.94. The van der Waals surface area contributed by atoms with Gasteiger partial charge in [0.15, 0.2) is 5.82 Å². The number of nitrogens with one attached hydrogen (secondary N) is 1. The topological polar surface area (TPSA) is 106 Å². The third kappa shape index (κ3) is 3.25. The van der Waals surface area contributed by atoms with Gasteiger partial charge in [-0.1, -0.05) is 6.07 Å². The Morgan fingerprint density at radius 1 is 1.33 bits per heavy atom. The number of aromatic nitrogens is 3. The SMILES string of the molecule is CCOC(=O)n1nc(NC(=O)c2ccccn2)c2c1C(C)(C)N(C(=O)Cl)C2. The molecular weight excluding hydrogens is 374 g/mol. The van der Waals surface area contributed by atoms with Crippen molar-refractivity contribution in [2.45, 2.75) is 32.9 Å². The van der Waals surface area contributed by atoms with Crippen molar-refractivity contribution in [2.75, 3.05) is 11.9 Å². The molecule has 0 bridgehead atoms. The number of anilines is 1. The molecule has 3 heterocycles. The Morgan fingerprint density at radius 2 is 2.07 bits per heavy atom. The number of fused-ring (bicyclic) bond motifs is 1. The molecule has 142 valence electrons. The van der Waals surface area contributed by atoms with Gasteiger partial charge in [-0.3, -0.25) is 14.6 Å². The molecule has 2 aromatic heterocycles. The number of rotatable bonds is 3. The van der Waals surface area contributed by atoms with E-state index >= 15 is 0 Å². The van der Waals surface area contributed by atoms with Crippen LogP contribution in [0.3, 0.4) is 0 Å². The van der Waals surface area contributed by atoms with Crippen molar-refractivity contribution in [3.05, 3.63) is 41.3 Å². The first-order valence-electron chi connectivity index (χ1n) is 8.26. The zero-order valence-electron chi connectivity index (χ0n) is 15.0. The average Bonchev–Trinajstić information content (AvgIpc) is 3.12. The minimum atomic E-state index is -0.915. The molecule has 10 heteroatoms. The lowest BCUT2D eigenvalue weighted by Crippen LogP contribution is -2.39. The first kappa shape index (κ1) is 18.8. The fraction of sp³-hybridized carbons (Fsp3) is 0.353. The fourth-order valence-corrected chi connectivity index (χ4v) is 3.35. The molecule has 0 fully saturated rings. The Labute approximate surface area is 160 Å². The van der Waals surface area contributed by atoms with Crippen molar-refractivity contribution >= 4 is 34.8 Å². The molecule has 27 heavy (non-hydrogen) atoms. The number of ether oxygens (including phenoxy) is 1. The van der Waals surface area contributed by atoms with Crippen LogP contribution in [0, 0.1) is 0 Å². The van der Waals surface area contributed by atoms with E-state index in [1.807, 2.05) is 0 Å². The number of carbonyl (C=O) groups excluding carboxylic acids is 3. The highest BCUT2D eigenvalue weighted by atomic mass is 35.5. The van der Waals surface area contributed by atoms with Gasteiger partial charge in [0.25, 0.3) is 5.91 Å². The number of carbonyl (C=O) groups is 3. The van der Waals surface area contributed by atoms with Gasteiger partial charge < -0.3 is 15.0 Å². The Kier molecular flexibility index (Phi) is 4.88. The maximum Gasteiger partial charge on any atom is 0.435 e. The van der Waals surface area contributed by atoms with E-state index in [1.54, 1.807) is 39.0 Å². The van der Waals surface area contributed by atoms with Crippen molar-refractivity contribution in [3.8, 4) is 0 Å². The highest BCUT2D eigenvalue weighted by Gasteiger charge is 2.46. The van der Waals surface area contributed by atoms with Crippen molar-refractivity contribution in [3.63, 3.8) is 0 Å². The molecule has 0 spiro atoms. The number of amides is 2. The number of hydrogen-bond acceptors (Lipinski definition) is 6. The van der Waals surface area contributed by atoms with Crippen molar-refractivity contribution in [2.24, 2.45) is 0 Å². The molecule has 2 amide bonds. The zero-order valence-corrected chi connectivity index (χ0v) is 15.8. The van der Waals surface area contributed by atoms with Gasteiger partial charge in [0, 0.05) is 11.8 Å². The first-order chi connectivity index (χ1) is 12.8. The normalized spacial score (nSPS) is 14.6. The lowest BCUT2D eigenvalue weighted by atomic mass is 10.0. The summed E-state index contributed by atoms with van der Waals surface area (Å²) in [5, 5.41) is 6.19. The summed E-state index contributed by atoms with van der Waals surface area (Å²) < 4.78 is 6.11. The quantitative estimate of drug-likeness (QED) is 0.636. The van der Waals surface area contributed by atoms with Crippen LogP contribution in [-0.2, 0) is 16.8 Å². The maximum atomic E-state index is 12.4.